The number of sulfonamides is 1. The first-order valence-corrected chi connectivity index (χ1v) is 7.24. The van der Waals surface area contributed by atoms with E-state index in [1.807, 2.05) is 0 Å². The van der Waals surface area contributed by atoms with Gasteiger partial charge in [0.1, 0.15) is 0 Å². The molecule has 0 aromatic heterocycles. The highest BCUT2D eigenvalue weighted by atomic mass is 32.2. The van der Waals surface area contributed by atoms with Gasteiger partial charge < -0.3 is 10.1 Å². The van der Waals surface area contributed by atoms with Crippen molar-refractivity contribution < 1.29 is 13.2 Å². The Bertz CT molecular complexity index is 305. The maximum atomic E-state index is 11.9. The highest BCUT2D eigenvalue weighted by Crippen LogP contribution is 2.11. The van der Waals surface area contributed by atoms with Gasteiger partial charge in [-0.25, -0.2) is 13.1 Å². The molecule has 0 saturated carbocycles. The van der Waals surface area contributed by atoms with Gasteiger partial charge in [-0.15, -0.1) is 0 Å². The Morgan fingerprint density at radius 3 is 2.81 bits per heavy atom. The zero-order chi connectivity index (χ0) is 12.2. The Morgan fingerprint density at radius 1 is 1.56 bits per heavy atom. The van der Waals surface area contributed by atoms with E-state index in [4.69, 9.17) is 4.74 Å². The van der Waals surface area contributed by atoms with Crippen LogP contribution in [0.4, 0.5) is 0 Å². The Kier molecular flexibility index (Phi) is 5.17. The van der Waals surface area contributed by atoms with E-state index in [1.54, 1.807) is 6.92 Å². The molecule has 6 heteroatoms. The van der Waals surface area contributed by atoms with E-state index in [9.17, 15) is 8.42 Å². The lowest BCUT2D eigenvalue weighted by Gasteiger charge is -2.29. The number of hydrogen-bond donors (Lipinski definition) is 2. The van der Waals surface area contributed by atoms with Gasteiger partial charge in [0.25, 0.3) is 0 Å². The van der Waals surface area contributed by atoms with Crippen molar-refractivity contribution in [3.05, 3.63) is 0 Å². The third-order valence-corrected chi connectivity index (χ3v) is 4.74. The first kappa shape index (κ1) is 13.9. The predicted molar refractivity (Wildman–Crippen MR) is 63.9 cm³/mol. The van der Waals surface area contributed by atoms with E-state index in [0.717, 1.165) is 19.4 Å². The molecule has 0 aromatic rings. The Morgan fingerprint density at radius 2 is 2.25 bits per heavy atom. The van der Waals surface area contributed by atoms with Crippen LogP contribution in [0.15, 0.2) is 0 Å². The molecular weight excluding hydrogens is 228 g/mol. The van der Waals surface area contributed by atoms with Crippen LogP contribution >= 0.6 is 0 Å². The number of methoxy groups -OCH3 is 1. The van der Waals surface area contributed by atoms with Crippen LogP contribution in [0.5, 0.6) is 0 Å². The first-order chi connectivity index (χ1) is 7.45. The lowest BCUT2D eigenvalue weighted by atomic mass is 10.0. The van der Waals surface area contributed by atoms with Crippen molar-refractivity contribution in [3.63, 3.8) is 0 Å². The fourth-order valence-electron chi connectivity index (χ4n) is 1.91. The first-order valence-electron chi connectivity index (χ1n) is 5.69. The summed E-state index contributed by atoms with van der Waals surface area (Å²) in [6.45, 7) is 4.83. The number of hydrogen-bond acceptors (Lipinski definition) is 4. The lowest BCUT2D eigenvalue weighted by molar-refractivity contribution is 0.199. The average Bonchev–Trinajstić information content (AvgIpc) is 2.17. The van der Waals surface area contributed by atoms with E-state index >= 15 is 0 Å². The SMILES string of the molecule is COCC(C)S(=O)(=O)NC1CCNC(C)C1. The molecule has 96 valence electrons. The summed E-state index contributed by atoms with van der Waals surface area (Å²) in [6, 6.07) is 0.430. The summed E-state index contributed by atoms with van der Waals surface area (Å²) >= 11 is 0. The summed E-state index contributed by atoms with van der Waals surface area (Å²) in [7, 11) is -1.74. The molecule has 0 amide bonds. The molecule has 0 radical (unpaired) electrons. The molecule has 0 aliphatic carbocycles. The molecule has 3 unspecified atom stereocenters. The number of rotatable bonds is 5. The summed E-state index contributed by atoms with van der Waals surface area (Å²) in [5, 5.41) is 2.80. The van der Waals surface area contributed by atoms with E-state index in [-0.39, 0.29) is 12.6 Å². The third-order valence-electron chi connectivity index (χ3n) is 2.89. The maximum Gasteiger partial charge on any atom is 0.216 e. The minimum Gasteiger partial charge on any atom is -0.383 e. The molecule has 16 heavy (non-hydrogen) atoms. The fourth-order valence-corrected chi connectivity index (χ4v) is 3.14. The molecule has 0 aromatic carbocycles. The van der Waals surface area contributed by atoms with Crippen LogP contribution in [-0.2, 0) is 14.8 Å². The highest BCUT2D eigenvalue weighted by molar-refractivity contribution is 7.90. The van der Waals surface area contributed by atoms with E-state index in [2.05, 4.69) is 17.0 Å². The normalized spacial score (nSPS) is 28.9. The summed E-state index contributed by atoms with van der Waals surface area (Å²) in [6.07, 6.45) is 1.70. The lowest BCUT2D eigenvalue weighted by Crippen LogP contribution is -2.48. The quantitative estimate of drug-likeness (QED) is 0.725. The topological polar surface area (TPSA) is 67.4 Å². The van der Waals surface area contributed by atoms with Gasteiger partial charge in [-0.1, -0.05) is 0 Å². The second kappa shape index (κ2) is 5.95. The third kappa shape index (κ3) is 4.01. The minimum absolute atomic E-state index is 0.0561. The van der Waals surface area contributed by atoms with Gasteiger partial charge in [0.2, 0.25) is 10.0 Å². The molecule has 1 saturated heterocycles. The van der Waals surface area contributed by atoms with Gasteiger partial charge in [0.15, 0.2) is 0 Å². The van der Waals surface area contributed by atoms with Gasteiger partial charge in [0.05, 0.1) is 11.9 Å². The van der Waals surface area contributed by atoms with Crippen molar-refractivity contribution in [3.8, 4) is 0 Å². The van der Waals surface area contributed by atoms with Crippen molar-refractivity contribution in [1.82, 2.24) is 10.0 Å². The largest absolute Gasteiger partial charge is 0.383 e. The highest BCUT2D eigenvalue weighted by Gasteiger charge is 2.26. The van der Waals surface area contributed by atoms with Crippen molar-refractivity contribution in [1.29, 1.82) is 0 Å². The predicted octanol–water partition coefficient (Wildman–Crippen LogP) is 0.0812. The number of ether oxygens (including phenoxy) is 1. The second-order valence-corrected chi connectivity index (χ2v) is 6.64. The molecule has 1 aliphatic heterocycles. The van der Waals surface area contributed by atoms with Crippen LogP contribution < -0.4 is 10.0 Å². The van der Waals surface area contributed by atoms with Crippen LogP contribution in [0.2, 0.25) is 0 Å². The molecule has 1 fully saturated rings. The maximum absolute atomic E-state index is 11.9. The monoisotopic (exact) mass is 250 g/mol. The molecule has 1 rings (SSSR count). The summed E-state index contributed by atoms with van der Waals surface area (Å²) < 4.78 is 31.4. The van der Waals surface area contributed by atoms with Gasteiger partial charge in [0, 0.05) is 19.2 Å². The minimum atomic E-state index is -3.25. The summed E-state index contributed by atoms with van der Waals surface area (Å²) in [5.41, 5.74) is 0. The average molecular weight is 250 g/mol. The molecule has 0 bridgehead atoms. The molecule has 5 nitrogen and oxygen atoms in total. The zero-order valence-electron chi connectivity index (χ0n) is 10.2. The Labute approximate surface area is 98.0 Å². The van der Waals surface area contributed by atoms with Gasteiger partial charge >= 0.3 is 0 Å². The van der Waals surface area contributed by atoms with E-state index < -0.39 is 15.3 Å². The fraction of sp³-hybridized carbons (Fsp3) is 1.00. The van der Waals surface area contributed by atoms with Gasteiger partial charge in [-0.05, 0) is 33.2 Å². The standard InChI is InChI=1S/C10H22N2O3S/c1-8-6-10(4-5-11-8)12-16(13,14)9(2)7-15-3/h8-12H,4-7H2,1-3H3. The van der Waals surface area contributed by atoms with Crippen molar-refractivity contribution in [2.75, 3.05) is 20.3 Å². The Balaban J connectivity index is 2.51. The molecule has 2 N–H and O–H groups in total. The van der Waals surface area contributed by atoms with Crippen LogP contribution in [0, 0.1) is 0 Å². The van der Waals surface area contributed by atoms with Crippen LogP contribution in [0.25, 0.3) is 0 Å². The van der Waals surface area contributed by atoms with Crippen LogP contribution in [0.3, 0.4) is 0 Å². The molecule has 0 spiro atoms. The van der Waals surface area contributed by atoms with Crippen LogP contribution in [0.1, 0.15) is 26.7 Å². The summed E-state index contributed by atoms with van der Waals surface area (Å²) in [5.74, 6) is 0. The zero-order valence-corrected chi connectivity index (χ0v) is 11.0. The molecule has 1 aliphatic rings. The van der Waals surface area contributed by atoms with Crippen molar-refractivity contribution in [2.24, 2.45) is 0 Å². The molecule has 1 heterocycles. The number of piperidine rings is 1. The summed E-state index contributed by atoms with van der Waals surface area (Å²) in [4.78, 5) is 0. The van der Waals surface area contributed by atoms with Crippen LogP contribution in [-0.4, -0.2) is 46.0 Å². The van der Waals surface area contributed by atoms with Crippen molar-refractivity contribution in [2.45, 2.75) is 44.0 Å². The second-order valence-electron chi connectivity index (χ2n) is 4.51. The van der Waals surface area contributed by atoms with E-state index in [0.29, 0.717) is 6.04 Å². The van der Waals surface area contributed by atoms with Gasteiger partial charge in [-0.2, -0.15) is 0 Å². The molecular formula is C10H22N2O3S. The van der Waals surface area contributed by atoms with Crippen molar-refractivity contribution >= 4 is 10.0 Å². The van der Waals surface area contributed by atoms with E-state index in [1.165, 1.54) is 7.11 Å². The molecule has 3 atom stereocenters. The number of nitrogens with one attached hydrogen (secondary N) is 2. The van der Waals surface area contributed by atoms with Gasteiger partial charge in [-0.3, -0.25) is 0 Å². The Hall–Kier alpha value is -0.170. The smallest absolute Gasteiger partial charge is 0.216 e.